The normalized spacial score (nSPS) is 10.2. The molecular formula is C14H12ClNO2S. The molecular weight excluding hydrogens is 282 g/mol. The van der Waals surface area contributed by atoms with Crippen LogP contribution in [0.15, 0.2) is 52.3 Å². The SMILES string of the molecule is COC(=O)c1ccc(Sc2cccc(Cl)c2)c(N)c1. The van der Waals surface area contributed by atoms with E-state index in [0.29, 0.717) is 16.3 Å². The molecule has 0 heterocycles. The van der Waals surface area contributed by atoms with E-state index in [1.807, 2.05) is 24.3 Å². The number of nitrogen functional groups attached to an aromatic ring is 1. The van der Waals surface area contributed by atoms with Crippen molar-refractivity contribution in [2.24, 2.45) is 0 Å². The Labute approximate surface area is 120 Å². The molecule has 0 spiro atoms. The first-order chi connectivity index (χ1) is 9.10. The van der Waals surface area contributed by atoms with Crippen molar-refractivity contribution < 1.29 is 9.53 Å². The number of benzene rings is 2. The van der Waals surface area contributed by atoms with Gasteiger partial charge in [-0.05, 0) is 36.4 Å². The van der Waals surface area contributed by atoms with E-state index in [9.17, 15) is 4.79 Å². The largest absolute Gasteiger partial charge is 0.465 e. The molecule has 98 valence electrons. The Hall–Kier alpha value is -1.65. The summed E-state index contributed by atoms with van der Waals surface area (Å²) >= 11 is 7.43. The summed E-state index contributed by atoms with van der Waals surface area (Å²) in [6, 6.07) is 12.6. The highest BCUT2D eigenvalue weighted by Gasteiger charge is 2.09. The van der Waals surface area contributed by atoms with Crippen molar-refractivity contribution in [3.63, 3.8) is 0 Å². The van der Waals surface area contributed by atoms with Crippen molar-refractivity contribution in [3.8, 4) is 0 Å². The number of anilines is 1. The molecule has 0 radical (unpaired) electrons. The van der Waals surface area contributed by atoms with Gasteiger partial charge < -0.3 is 10.5 Å². The average molecular weight is 294 g/mol. The van der Waals surface area contributed by atoms with Gasteiger partial charge in [-0.2, -0.15) is 0 Å². The highest BCUT2D eigenvalue weighted by atomic mass is 35.5. The summed E-state index contributed by atoms with van der Waals surface area (Å²) in [5.41, 5.74) is 6.91. The van der Waals surface area contributed by atoms with Gasteiger partial charge in [0.2, 0.25) is 0 Å². The van der Waals surface area contributed by atoms with Gasteiger partial charge in [-0.25, -0.2) is 4.79 Å². The third-order valence-corrected chi connectivity index (χ3v) is 3.77. The second kappa shape index (κ2) is 5.99. The van der Waals surface area contributed by atoms with Crippen LogP contribution in [0, 0.1) is 0 Å². The van der Waals surface area contributed by atoms with Crippen molar-refractivity contribution in [1.82, 2.24) is 0 Å². The topological polar surface area (TPSA) is 52.3 Å². The Morgan fingerprint density at radius 1 is 1.26 bits per heavy atom. The van der Waals surface area contributed by atoms with Crippen molar-refractivity contribution in [2.45, 2.75) is 9.79 Å². The molecule has 0 saturated carbocycles. The number of carbonyl (C=O) groups is 1. The highest BCUT2D eigenvalue weighted by Crippen LogP contribution is 2.33. The van der Waals surface area contributed by atoms with Gasteiger partial charge in [0.15, 0.2) is 0 Å². The van der Waals surface area contributed by atoms with Crippen LogP contribution in [-0.4, -0.2) is 13.1 Å². The van der Waals surface area contributed by atoms with E-state index in [1.54, 1.807) is 18.2 Å². The average Bonchev–Trinajstić information content (AvgIpc) is 2.40. The van der Waals surface area contributed by atoms with E-state index in [-0.39, 0.29) is 0 Å². The molecule has 5 heteroatoms. The van der Waals surface area contributed by atoms with E-state index < -0.39 is 5.97 Å². The summed E-state index contributed by atoms with van der Waals surface area (Å²) in [4.78, 5) is 13.2. The number of carbonyl (C=O) groups excluding carboxylic acids is 1. The molecule has 0 aliphatic rings. The molecule has 2 aromatic carbocycles. The molecule has 2 rings (SSSR count). The predicted octanol–water partition coefficient (Wildman–Crippen LogP) is 3.86. The molecule has 0 atom stereocenters. The number of hydrogen-bond donors (Lipinski definition) is 1. The monoisotopic (exact) mass is 293 g/mol. The Balaban J connectivity index is 2.24. The summed E-state index contributed by atoms with van der Waals surface area (Å²) in [7, 11) is 1.34. The zero-order chi connectivity index (χ0) is 13.8. The number of methoxy groups -OCH3 is 1. The maximum absolute atomic E-state index is 11.4. The first-order valence-corrected chi connectivity index (χ1v) is 6.71. The van der Waals surface area contributed by atoms with Crippen molar-refractivity contribution >= 4 is 35.0 Å². The maximum atomic E-state index is 11.4. The first-order valence-electron chi connectivity index (χ1n) is 5.51. The number of hydrogen-bond acceptors (Lipinski definition) is 4. The fraction of sp³-hybridized carbons (Fsp3) is 0.0714. The molecule has 0 aliphatic heterocycles. The second-order valence-corrected chi connectivity index (χ2v) is 5.36. The van der Waals surface area contributed by atoms with Crippen LogP contribution in [0.3, 0.4) is 0 Å². The molecule has 0 saturated heterocycles. The van der Waals surface area contributed by atoms with E-state index in [0.717, 1.165) is 9.79 Å². The Morgan fingerprint density at radius 3 is 2.68 bits per heavy atom. The van der Waals surface area contributed by atoms with Gasteiger partial charge in [0.25, 0.3) is 0 Å². The molecule has 2 aromatic rings. The zero-order valence-electron chi connectivity index (χ0n) is 10.2. The fourth-order valence-electron chi connectivity index (χ4n) is 1.54. The van der Waals surface area contributed by atoms with Crippen molar-refractivity contribution in [2.75, 3.05) is 12.8 Å². The van der Waals surface area contributed by atoms with Crippen LogP contribution in [-0.2, 0) is 4.74 Å². The van der Waals surface area contributed by atoms with Gasteiger partial charge in [0.05, 0.1) is 12.7 Å². The summed E-state index contributed by atoms with van der Waals surface area (Å²) in [6.07, 6.45) is 0. The van der Waals surface area contributed by atoms with Crippen LogP contribution in [0.4, 0.5) is 5.69 Å². The summed E-state index contributed by atoms with van der Waals surface area (Å²) in [6.45, 7) is 0. The standard InChI is InChI=1S/C14H12ClNO2S/c1-18-14(17)9-5-6-13(12(16)7-9)19-11-4-2-3-10(15)8-11/h2-8H,16H2,1H3. The molecule has 0 bridgehead atoms. The van der Waals surface area contributed by atoms with Crippen LogP contribution in [0.2, 0.25) is 5.02 Å². The Bertz CT molecular complexity index is 616. The minimum atomic E-state index is -0.397. The summed E-state index contributed by atoms with van der Waals surface area (Å²) < 4.78 is 4.65. The molecule has 3 nitrogen and oxygen atoms in total. The second-order valence-electron chi connectivity index (χ2n) is 3.80. The van der Waals surface area contributed by atoms with E-state index in [4.69, 9.17) is 17.3 Å². The summed E-state index contributed by atoms with van der Waals surface area (Å²) in [5.74, 6) is -0.397. The van der Waals surface area contributed by atoms with Gasteiger partial charge in [0.1, 0.15) is 0 Å². The lowest BCUT2D eigenvalue weighted by Gasteiger charge is -2.07. The first kappa shape index (κ1) is 13.8. The third-order valence-electron chi connectivity index (χ3n) is 2.45. The van der Waals surface area contributed by atoms with Crippen LogP contribution < -0.4 is 5.73 Å². The van der Waals surface area contributed by atoms with E-state index in [1.165, 1.54) is 18.9 Å². The molecule has 2 N–H and O–H groups in total. The van der Waals surface area contributed by atoms with Gasteiger partial charge in [-0.3, -0.25) is 0 Å². The quantitative estimate of drug-likeness (QED) is 0.689. The molecule has 0 aromatic heterocycles. The minimum absolute atomic E-state index is 0.397. The maximum Gasteiger partial charge on any atom is 0.337 e. The number of nitrogens with two attached hydrogens (primary N) is 1. The molecule has 19 heavy (non-hydrogen) atoms. The van der Waals surface area contributed by atoms with Gasteiger partial charge >= 0.3 is 5.97 Å². The van der Waals surface area contributed by atoms with Gasteiger partial charge in [0, 0.05) is 20.5 Å². The van der Waals surface area contributed by atoms with Gasteiger partial charge in [-0.1, -0.05) is 29.4 Å². The van der Waals surface area contributed by atoms with E-state index in [2.05, 4.69) is 4.74 Å². The molecule has 0 amide bonds. The highest BCUT2D eigenvalue weighted by molar-refractivity contribution is 7.99. The smallest absolute Gasteiger partial charge is 0.337 e. The number of halogens is 1. The third kappa shape index (κ3) is 3.43. The fourth-order valence-corrected chi connectivity index (χ4v) is 2.70. The Morgan fingerprint density at radius 2 is 2.05 bits per heavy atom. The Kier molecular flexibility index (Phi) is 4.35. The lowest BCUT2D eigenvalue weighted by atomic mass is 10.2. The minimum Gasteiger partial charge on any atom is -0.465 e. The molecule has 0 aliphatic carbocycles. The van der Waals surface area contributed by atoms with Crippen LogP contribution in [0.25, 0.3) is 0 Å². The van der Waals surface area contributed by atoms with Crippen LogP contribution in [0.5, 0.6) is 0 Å². The number of ether oxygens (including phenoxy) is 1. The lowest BCUT2D eigenvalue weighted by molar-refractivity contribution is 0.0600. The summed E-state index contributed by atoms with van der Waals surface area (Å²) in [5, 5.41) is 0.676. The van der Waals surface area contributed by atoms with Crippen LogP contribution >= 0.6 is 23.4 Å². The van der Waals surface area contributed by atoms with Crippen LogP contribution in [0.1, 0.15) is 10.4 Å². The molecule has 0 unspecified atom stereocenters. The zero-order valence-corrected chi connectivity index (χ0v) is 11.8. The van der Waals surface area contributed by atoms with E-state index >= 15 is 0 Å². The lowest BCUT2D eigenvalue weighted by Crippen LogP contribution is -2.02. The van der Waals surface area contributed by atoms with Crippen molar-refractivity contribution in [1.29, 1.82) is 0 Å². The van der Waals surface area contributed by atoms with Gasteiger partial charge in [-0.15, -0.1) is 0 Å². The number of rotatable bonds is 3. The predicted molar refractivity (Wildman–Crippen MR) is 77.8 cm³/mol. The number of esters is 1. The van der Waals surface area contributed by atoms with Crippen molar-refractivity contribution in [3.05, 3.63) is 53.1 Å². The molecule has 0 fully saturated rings.